The molecule has 2 aliphatic carbocycles. The fourth-order valence-electron chi connectivity index (χ4n) is 4.68. The number of nitrogens with one attached hydrogen (secondary N) is 1. The highest BCUT2D eigenvalue weighted by Crippen LogP contribution is 2.28. The number of carbonyl (C=O) groups excluding carboxylic acids is 1. The molecule has 7 nitrogen and oxygen atoms in total. The summed E-state index contributed by atoms with van der Waals surface area (Å²) in [7, 11) is 0. The lowest BCUT2D eigenvalue weighted by atomic mass is 9.90. The van der Waals surface area contributed by atoms with Gasteiger partial charge in [-0.1, -0.05) is 0 Å². The van der Waals surface area contributed by atoms with E-state index in [1.165, 1.54) is 0 Å². The summed E-state index contributed by atoms with van der Waals surface area (Å²) < 4.78 is 1.70. The fourth-order valence-corrected chi connectivity index (χ4v) is 4.68. The second-order valence-corrected chi connectivity index (χ2v) is 8.34. The molecule has 5 rings (SSSR count). The number of rotatable bonds is 3. The maximum absolute atomic E-state index is 12.7. The van der Waals surface area contributed by atoms with Crippen molar-refractivity contribution < 1.29 is 4.79 Å². The highest BCUT2D eigenvalue weighted by molar-refractivity contribution is 5.97. The molecule has 0 saturated heterocycles. The fraction of sp³-hybridized carbons (Fsp3) is 0.435. The number of hydrogen-bond donors (Lipinski definition) is 1. The van der Waals surface area contributed by atoms with Crippen LogP contribution in [-0.4, -0.2) is 31.7 Å². The summed E-state index contributed by atoms with van der Waals surface area (Å²) in [4.78, 5) is 33.8. The zero-order chi connectivity index (χ0) is 20.5. The molecule has 154 valence electrons. The highest BCUT2D eigenvalue weighted by Gasteiger charge is 2.26. The van der Waals surface area contributed by atoms with Crippen molar-refractivity contribution in [2.75, 3.05) is 0 Å². The zero-order valence-electron chi connectivity index (χ0n) is 16.9. The molecule has 2 heterocycles. The van der Waals surface area contributed by atoms with Gasteiger partial charge < -0.3 is 5.32 Å². The van der Waals surface area contributed by atoms with E-state index in [0.717, 1.165) is 68.1 Å². The lowest BCUT2D eigenvalue weighted by Crippen LogP contribution is -2.40. The average molecular weight is 403 g/mol. The molecule has 30 heavy (non-hydrogen) atoms. The van der Waals surface area contributed by atoms with Gasteiger partial charge in [-0.2, -0.15) is 5.10 Å². The summed E-state index contributed by atoms with van der Waals surface area (Å²) in [6.07, 6.45) is 10.9. The standard InChI is InChI=1S/C23H25N5O2/c29-22-14-15-3-1-2-4-19(15)27-28(22)18-8-6-17(7-9-18)26-23(30)16-5-10-20-21(13-16)25-12-11-24-20/h5,10-14,17-18H,1-4,6-9H2,(H,26,30). The lowest BCUT2D eigenvalue weighted by Gasteiger charge is -2.30. The van der Waals surface area contributed by atoms with Gasteiger partial charge in [0.05, 0.1) is 22.8 Å². The van der Waals surface area contributed by atoms with Crippen molar-refractivity contribution >= 4 is 16.9 Å². The van der Waals surface area contributed by atoms with Crippen LogP contribution in [-0.2, 0) is 12.8 Å². The van der Waals surface area contributed by atoms with E-state index in [1.54, 1.807) is 35.3 Å². The summed E-state index contributed by atoms with van der Waals surface area (Å²) >= 11 is 0. The van der Waals surface area contributed by atoms with Gasteiger partial charge in [0.15, 0.2) is 0 Å². The molecule has 0 atom stereocenters. The van der Waals surface area contributed by atoms with Crippen molar-refractivity contribution in [3.8, 4) is 0 Å². The molecular formula is C23H25N5O2. The van der Waals surface area contributed by atoms with E-state index in [-0.39, 0.29) is 23.6 Å². The van der Waals surface area contributed by atoms with Crippen molar-refractivity contribution in [2.45, 2.75) is 63.5 Å². The first kappa shape index (κ1) is 18.9. The normalized spacial score (nSPS) is 21.2. The Bertz CT molecular complexity index is 1150. The van der Waals surface area contributed by atoms with Crippen LogP contribution in [0.25, 0.3) is 11.0 Å². The Kier molecular flexibility index (Phi) is 5.02. The molecule has 1 amide bonds. The van der Waals surface area contributed by atoms with Gasteiger partial charge in [-0.05, 0) is 75.1 Å². The Morgan fingerprint density at radius 2 is 1.73 bits per heavy atom. The molecule has 0 unspecified atom stereocenters. The molecule has 1 N–H and O–H groups in total. The van der Waals surface area contributed by atoms with Gasteiger partial charge in [0.25, 0.3) is 11.5 Å². The second kappa shape index (κ2) is 7.97. The number of amides is 1. The van der Waals surface area contributed by atoms with Crippen molar-refractivity contribution in [1.29, 1.82) is 0 Å². The van der Waals surface area contributed by atoms with Crippen LogP contribution in [0, 0.1) is 0 Å². The van der Waals surface area contributed by atoms with Crippen molar-refractivity contribution in [3.05, 3.63) is 63.8 Å². The van der Waals surface area contributed by atoms with E-state index in [0.29, 0.717) is 11.1 Å². The molecule has 2 aliphatic rings. The number of carbonyl (C=O) groups is 1. The van der Waals surface area contributed by atoms with Crippen LogP contribution in [0.2, 0.25) is 0 Å². The molecule has 0 bridgehead atoms. The van der Waals surface area contributed by atoms with E-state index in [2.05, 4.69) is 15.3 Å². The summed E-state index contributed by atoms with van der Waals surface area (Å²) in [5.74, 6) is -0.0879. The third kappa shape index (κ3) is 3.72. The van der Waals surface area contributed by atoms with Crippen LogP contribution in [0.5, 0.6) is 0 Å². The van der Waals surface area contributed by atoms with E-state index >= 15 is 0 Å². The minimum absolute atomic E-state index is 0.0143. The Balaban J connectivity index is 1.24. The quantitative estimate of drug-likeness (QED) is 0.726. The lowest BCUT2D eigenvalue weighted by molar-refractivity contribution is 0.0921. The molecule has 1 saturated carbocycles. The summed E-state index contributed by atoms with van der Waals surface area (Å²) in [5, 5.41) is 7.84. The van der Waals surface area contributed by atoms with Crippen molar-refractivity contribution in [1.82, 2.24) is 25.1 Å². The van der Waals surface area contributed by atoms with Gasteiger partial charge >= 0.3 is 0 Å². The Labute approximate surface area is 174 Å². The predicted molar refractivity (Wildman–Crippen MR) is 113 cm³/mol. The SMILES string of the molecule is O=C(NC1CCC(n2nc3c(cc2=O)CCCC3)CC1)c1ccc2nccnc2c1. The van der Waals surface area contributed by atoms with Crippen LogP contribution < -0.4 is 10.9 Å². The zero-order valence-corrected chi connectivity index (χ0v) is 16.9. The minimum Gasteiger partial charge on any atom is -0.349 e. The maximum atomic E-state index is 12.7. The topological polar surface area (TPSA) is 89.8 Å². The molecule has 0 aliphatic heterocycles. The van der Waals surface area contributed by atoms with E-state index in [4.69, 9.17) is 5.10 Å². The summed E-state index contributed by atoms with van der Waals surface area (Å²) in [6, 6.07) is 7.41. The summed E-state index contributed by atoms with van der Waals surface area (Å²) in [5.41, 5.74) is 4.32. The molecule has 0 radical (unpaired) electrons. The van der Waals surface area contributed by atoms with Crippen LogP contribution >= 0.6 is 0 Å². The van der Waals surface area contributed by atoms with Gasteiger partial charge in [0.2, 0.25) is 0 Å². The van der Waals surface area contributed by atoms with Gasteiger partial charge in [-0.3, -0.25) is 19.6 Å². The third-order valence-electron chi connectivity index (χ3n) is 6.34. The second-order valence-electron chi connectivity index (χ2n) is 8.34. The van der Waals surface area contributed by atoms with Gasteiger partial charge in [0.1, 0.15) is 0 Å². The van der Waals surface area contributed by atoms with Gasteiger partial charge in [-0.25, -0.2) is 4.68 Å². The van der Waals surface area contributed by atoms with E-state index in [9.17, 15) is 9.59 Å². The smallest absolute Gasteiger partial charge is 0.267 e. The van der Waals surface area contributed by atoms with E-state index in [1.807, 2.05) is 6.07 Å². The van der Waals surface area contributed by atoms with Crippen LogP contribution in [0.4, 0.5) is 0 Å². The molecular weight excluding hydrogens is 378 g/mol. The molecule has 2 aromatic heterocycles. The largest absolute Gasteiger partial charge is 0.349 e. The van der Waals surface area contributed by atoms with Gasteiger partial charge in [-0.15, -0.1) is 0 Å². The average Bonchev–Trinajstić information content (AvgIpc) is 2.79. The molecule has 7 heteroatoms. The number of nitrogens with zero attached hydrogens (tertiary/aromatic N) is 4. The highest BCUT2D eigenvalue weighted by atomic mass is 16.1. The van der Waals surface area contributed by atoms with Crippen molar-refractivity contribution in [2.24, 2.45) is 0 Å². The first-order valence-electron chi connectivity index (χ1n) is 10.8. The molecule has 1 fully saturated rings. The first-order chi connectivity index (χ1) is 14.7. The summed E-state index contributed by atoms with van der Waals surface area (Å²) in [6.45, 7) is 0. The van der Waals surface area contributed by atoms with Crippen LogP contribution in [0.1, 0.15) is 66.2 Å². The van der Waals surface area contributed by atoms with Crippen LogP contribution in [0.15, 0.2) is 41.5 Å². The Hall–Kier alpha value is -3.09. The van der Waals surface area contributed by atoms with Crippen LogP contribution in [0.3, 0.4) is 0 Å². The Morgan fingerprint density at radius 1 is 0.967 bits per heavy atom. The minimum atomic E-state index is -0.0879. The maximum Gasteiger partial charge on any atom is 0.267 e. The number of aryl methyl sites for hydroxylation is 2. The number of aromatic nitrogens is 4. The van der Waals surface area contributed by atoms with Crippen molar-refractivity contribution in [3.63, 3.8) is 0 Å². The predicted octanol–water partition coefficient (Wildman–Crippen LogP) is 2.98. The van der Waals surface area contributed by atoms with E-state index < -0.39 is 0 Å². The number of fused-ring (bicyclic) bond motifs is 2. The number of benzene rings is 1. The molecule has 0 spiro atoms. The monoisotopic (exact) mass is 403 g/mol. The first-order valence-corrected chi connectivity index (χ1v) is 10.8. The molecule has 1 aromatic carbocycles. The number of hydrogen-bond acceptors (Lipinski definition) is 5. The van der Waals surface area contributed by atoms with Gasteiger partial charge in [0, 0.05) is 30.1 Å². The third-order valence-corrected chi connectivity index (χ3v) is 6.34. The molecule has 3 aromatic rings. The Morgan fingerprint density at radius 3 is 2.57 bits per heavy atom.